The summed E-state index contributed by atoms with van der Waals surface area (Å²) in [4.78, 5) is 0.279. The third kappa shape index (κ3) is 3.32. The van der Waals surface area contributed by atoms with E-state index < -0.39 is 10.0 Å². The Hall–Kier alpha value is -1.67. The van der Waals surface area contributed by atoms with Gasteiger partial charge in [-0.15, -0.1) is 0 Å². The van der Waals surface area contributed by atoms with Gasteiger partial charge in [0.15, 0.2) is 0 Å². The van der Waals surface area contributed by atoms with E-state index >= 15 is 0 Å². The van der Waals surface area contributed by atoms with Crippen molar-refractivity contribution in [3.05, 3.63) is 29.3 Å². The summed E-state index contributed by atoms with van der Waals surface area (Å²) in [5, 5.41) is 8.54. The molecule has 2 aromatic heterocycles. The van der Waals surface area contributed by atoms with Gasteiger partial charge in [-0.3, -0.25) is 9.36 Å². The van der Waals surface area contributed by atoms with E-state index in [0.717, 1.165) is 17.8 Å². The maximum absolute atomic E-state index is 13.0. The zero-order chi connectivity index (χ0) is 17.2. The molecule has 0 unspecified atom stereocenters. The van der Waals surface area contributed by atoms with E-state index in [2.05, 4.69) is 10.2 Å². The maximum atomic E-state index is 13.0. The average Bonchev–Trinajstić information content (AvgIpc) is 3.07. The number of aromatic nitrogens is 4. The molecule has 2 heterocycles. The first-order valence-corrected chi connectivity index (χ1v) is 9.34. The van der Waals surface area contributed by atoms with Gasteiger partial charge in [0, 0.05) is 37.9 Å². The predicted octanol–water partition coefficient (Wildman–Crippen LogP) is 1.95. The van der Waals surface area contributed by atoms with Crippen LogP contribution in [0.2, 0.25) is 0 Å². The second-order valence-electron chi connectivity index (χ2n) is 5.44. The average molecular weight is 339 g/mol. The number of nitrogens with zero attached hydrogens (tertiary/aromatic N) is 5. The van der Waals surface area contributed by atoms with Gasteiger partial charge in [0.05, 0.1) is 17.6 Å². The highest BCUT2D eigenvalue weighted by molar-refractivity contribution is 7.89. The normalized spacial score (nSPS) is 12.3. The van der Waals surface area contributed by atoms with E-state index in [9.17, 15) is 8.42 Å². The van der Waals surface area contributed by atoms with Crippen molar-refractivity contribution in [2.45, 2.75) is 59.1 Å². The minimum atomic E-state index is -3.57. The van der Waals surface area contributed by atoms with Crippen molar-refractivity contribution in [2.75, 3.05) is 6.54 Å². The van der Waals surface area contributed by atoms with Crippen LogP contribution in [-0.4, -0.2) is 38.8 Å². The number of hydrogen-bond donors (Lipinski definition) is 0. The molecule has 0 saturated heterocycles. The summed E-state index contributed by atoms with van der Waals surface area (Å²) in [6.45, 7) is 11.6. The lowest BCUT2D eigenvalue weighted by Gasteiger charge is -2.20. The Morgan fingerprint density at radius 3 is 2.35 bits per heavy atom. The highest BCUT2D eigenvalue weighted by atomic mass is 32.2. The fourth-order valence-corrected chi connectivity index (χ4v) is 4.16. The number of hydrogen-bond acceptors (Lipinski definition) is 4. The molecule has 0 aliphatic heterocycles. The van der Waals surface area contributed by atoms with Crippen LogP contribution in [0.25, 0.3) is 0 Å². The largest absolute Gasteiger partial charge is 0.272 e. The van der Waals surface area contributed by atoms with Crippen LogP contribution in [0, 0.1) is 13.8 Å². The third-order valence-electron chi connectivity index (χ3n) is 4.05. The van der Waals surface area contributed by atoms with Crippen LogP contribution in [-0.2, 0) is 29.7 Å². The first kappa shape index (κ1) is 17.7. The van der Waals surface area contributed by atoms with E-state index in [-0.39, 0.29) is 4.90 Å². The smallest absolute Gasteiger partial charge is 0.246 e. The number of rotatable bonds is 7. The molecule has 0 amide bonds. The van der Waals surface area contributed by atoms with E-state index in [0.29, 0.717) is 25.3 Å². The van der Waals surface area contributed by atoms with E-state index in [1.54, 1.807) is 11.6 Å². The Morgan fingerprint density at radius 1 is 1.17 bits per heavy atom. The molecule has 128 valence electrons. The van der Waals surface area contributed by atoms with Crippen LogP contribution in [0.4, 0.5) is 0 Å². The lowest BCUT2D eigenvalue weighted by Crippen LogP contribution is -2.31. The highest BCUT2D eigenvalue weighted by Gasteiger charge is 2.28. The minimum Gasteiger partial charge on any atom is -0.272 e. The second kappa shape index (κ2) is 6.84. The first-order valence-electron chi connectivity index (χ1n) is 7.90. The summed E-state index contributed by atoms with van der Waals surface area (Å²) >= 11 is 0. The topological polar surface area (TPSA) is 73.0 Å². The molecule has 7 nitrogen and oxygen atoms in total. The van der Waals surface area contributed by atoms with Crippen LogP contribution in [0.5, 0.6) is 0 Å². The standard InChI is InChI=1S/C15H25N5O2S/c1-6-18-10-14(12(4)17-18)11-19(7-2)23(21,22)15-9-16-20(8-3)13(15)5/h9-10H,6-8,11H2,1-5H3. The Morgan fingerprint density at radius 2 is 1.87 bits per heavy atom. The fraction of sp³-hybridized carbons (Fsp3) is 0.600. The molecule has 2 aromatic rings. The lowest BCUT2D eigenvalue weighted by atomic mass is 10.2. The summed E-state index contributed by atoms with van der Waals surface area (Å²) in [7, 11) is -3.57. The third-order valence-corrected chi connectivity index (χ3v) is 6.07. The zero-order valence-corrected chi connectivity index (χ0v) is 15.3. The van der Waals surface area contributed by atoms with Crippen molar-refractivity contribution in [1.29, 1.82) is 0 Å². The number of aryl methyl sites for hydroxylation is 3. The first-order chi connectivity index (χ1) is 10.8. The van der Waals surface area contributed by atoms with Gasteiger partial charge in [0.2, 0.25) is 10.0 Å². The molecule has 0 spiro atoms. The molecule has 8 heteroatoms. The Balaban J connectivity index is 2.35. The van der Waals surface area contributed by atoms with Crippen LogP contribution in [0.15, 0.2) is 17.3 Å². The Labute approximate surface area is 138 Å². The Kier molecular flexibility index (Phi) is 5.26. The molecule has 0 atom stereocenters. The van der Waals surface area contributed by atoms with Gasteiger partial charge in [0.25, 0.3) is 0 Å². The van der Waals surface area contributed by atoms with Gasteiger partial charge < -0.3 is 0 Å². The molecular weight excluding hydrogens is 314 g/mol. The quantitative estimate of drug-likeness (QED) is 0.773. The molecule has 0 radical (unpaired) electrons. The van der Waals surface area contributed by atoms with Crippen molar-refractivity contribution in [3.8, 4) is 0 Å². The van der Waals surface area contributed by atoms with E-state index in [1.165, 1.54) is 10.5 Å². The van der Waals surface area contributed by atoms with Crippen LogP contribution >= 0.6 is 0 Å². The van der Waals surface area contributed by atoms with E-state index in [1.807, 2.05) is 38.6 Å². The van der Waals surface area contributed by atoms with Gasteiger partial charge >= 0.3 is 0 Å². The Bertz CT molecular complexity index is 776. The number of sulfonamides is 1. The molecule has 0 aliphatic carbocycles. The van der Waals surface area contributed by atoms with Crippen molar-refractivity contribution in [2.24, 2.45) is 0 Å². The molecule has 0 saturated carbocycles. The maximum Gasteiger partial charge on any atom is 0.246 e. The molecule has 0 aliphatic rings. The van der Waals surface area contributed by atoms with E-state index in [4.69, 9.17) is 0 Å². The summed E-state index contributed by atoms with van der Waals surface area (Å²) in [6.07, 6.45) is 3.36. The minimum absolute atomic E-state index is 0.279. The molecule has 0 bridgehead atoms. The van der Waals surface area contributed by atoms with Gasteiger partial charge in [-0.1, -0.05) is 6.92 Å². The van der Waals surface area contributed by atoms with Crippen molar-refractivity contribution in [1.82, 2.24) is 23.9 Å². The zero-order valence-electron chi connectivity index (χ0n) is 14.4. The fourth-order valence-electron chi connectivity index (χ4n) is 2.57. The monoisotopic (exact) mass is 339 g/mol. The van der Waals surface area contributed by atoms with Crippen LogP contribution < -0.4 is 0 Å². The summed E-state index contributed by atoms with van der Waals surface area (Å²) in [6, 6.07) is 0. The SMILES string of the molecule is CCN(Cc1cn(CC)nc1C)S(=O)(=O)c1cnn(CC)c1C. The van der Waals surface area contributed by atoms with Gasteiger partial charge in [-0.05, 0) is 27.7 Å². The molecule has 0 N–H and O–H groups in total. The summed E-state index contributed by atoms with van der Waals surface area (Å²) < 4.78 is 30.9. The molecule has 23 heavy (non-hydrogen) atoms. The van der Waals surface area contributed by atoms with Gasteiger partial charge in [-0.2, -0.15) is 14.5 Å². The molecule has 0 fully saturated rings. The second-order valence-corrected chi connectivity index (χ2v) is 7.34. The predicted molar refractivity (Wildman–Crippen MR) is 88.5 cm³/mol. The summed E-state index contributed by atoms with van der Waals surface area (Å²) in [5.41, 5.74) is 2.46. The molecule has 0 aromatic carbocycles. The molecule has 2 rings (SSSR count). The van der Waals surface area contributed by atoms with Gasteiger partial charge in [-0.25, -0.2) is 8.42 Å². The molecular formula is C15H25N5O2S. The van der Waals surface area contributed by atoms with Crippen molar-refractivity contribution >= 4 is 10.0 Å². The summed E-state index contributed by atoms with van der Waals surface area (Å²) in [5.74, 6) is 0. The lowest BCUT2D eigenvalue weighted by molar-refractivity contribution is 0.422. The van der Waals surface area contributed by atoms with Crippen molar-refractivity contribution < 1.29 is 8.42 Å². The highest BCUT2D eigenvalue weighted by Crippen LogP contribution is 2.22. The van der Waals surface area contributed by atoms with Crippen LogP contribution in [0.3, 0.4) is 0 Å². The van der Waals surface area contributed by atoms with Gasteiger partial charge in [0.1, 0.15) is 4.90 Å². The van der Waals surface area contributed by atoms with Crippen molar-refractivity contribution in [3.63, 3.8) is 0 Å². The van der Waals surface area contributed by atoms with Crippen LogP contribution in [0.1, 0.15) is 37.7 Å².